The molecule has 3 rings (SSSR count). The quantitative estimate of drug-likeness (QED) is 0.748. The zero-order chi connectivity index (χ0) is 14.8. The average Bonchev–Trinajstić information content (AvgIpc) is 2.88. The minimum Gasteiger partial charge on any atom is -0.456 e. The Hall–Kier alpha value is -2.13. The number of halogens is 1. The van der Waals surface area contributed by atoms with Crippen LogP contribution < -0.4 is 5.32 Å². The van der Waals surface area contributed by atoms with Gasteiger partial charge in [0.1, 0.15) is 17.2 Å². The topological polar surface area (TPSA) is 25.2 Å². The number of benzene rings is 2. The highest BCUT2D eigenvalue weighted by atomic mass is 19.1. The molecule has 1 heterocycles. The summed E-state index contributed by atoms with van der Waals surface area (Å²) in [4.78, 5) is 0. The average molecular weight is 283 g/mol. The second-order valence-electron chi connectivity index (χ2n) is 5.53. The Balaban J connectivity index is 1.92. The van der Waals surface area contributed by atoms with Crippen LogP contribution in [-0.4, -0.2) is 6.04 Å². The Morgan fingerprint density at radius 1 is 1.10 bits per heavy atom. The third-order valence-electron chi connectivity index (χ3n) is 3.40. The Kier molecular flexibility index (Phi) is 3.76. The van der Waals surface area contributed by atoms with Gasteiger partial charge in [0.25, 0.3) is 0 Å². The van der Waals surface area contributed by atoms with Crippen LogP contribution in [0.1, 0.15) is 19.4 Å². The summed E-state index contributed by atoms with van der Waals surface area (Å²) < 4.78 is 19.0. The zero-order valence-corrected chi connectivity index (χ0v) is 12.2. The fraction of sp³-hybridized carbons (Fsp3) is 0.222. The molecule has 108 valence electrons. The van der Waals surface area contributed by atoms with E-state index < -0.39 is 0 Å². The van der Waals surface area contributed by atoms with Crippen LogP contribution >= 0.6 is 0 Å². The number of fused-ring (bicyclic) bond motifs is 1. The molecule has 1 aromatic heterocycles. The van der Waals surface area contributed by atoms with Gasteiger partial charge in [0.15, 0.2) is 0 Å². The van der Waals surface area contributed by atoms with Crippen molar-refractivity contribution in [3.8, 4) is 11.3 Å². The van der Waals surface area contributed by atoms with Crippen molar-refractivity contribution in [3.63, 3.8) is 0 Å². The first-order valence-electron chi connectivity index (χ1n) is 7.13. The summed E-state index contributed by atoms with van der Waals surface area (Å²) in [6.45, 7) is 5.07. The van der Waals surface area contributed by atoms with Crippen molar-refractivity contribution >= 4 is 11.0 Å². The van der Waals surface area contributed by atoms with E-state index >= 15 is 0 Å². The molecular formula is C18H18FNO. The second-order valence-corrected chi connectivity index (χ2v) is 5.53. The molecule has 1 N–H and O–H groups in total. The molecule has 0 amide bonds. The van der Waals surface area contributed by atoms with E-state index in [4.69, 9.17) is 4.42 Å². The van der Waals surface area contributed by atoms with Crippen molar-refractivity contribution in [2.75, 3.05) is 0 Å². The van der Waals surface area contributed by atoms with Crippen LogP contribution in [0.2, 0.25) is 0 Å². The molecule has 0 spiro atoms. The van der Waals surface area contributed by atoms with Gasteiger partial charge in [-0.25, -0.2) is 4.39 Å². The van der Waals surface area contributed by atoms with Gasteiger partial charge in [0, 0.05) is 23.5 Å². The Labute approximate surface area is 123 Å². The first kappa shape index (κ1) is 13.8. The molecule has 21 heavy (non-hydrogen) atoms. The lowest BCUT2D eigenvalue weighted by Gasteiger charge is -2.08. The van der Waals surface area contributed by atoms with Crippen LogP contribution in [0.25, 0.3) is 22.3 Å². The largest absolute Gasteiger partial charge is 0.456 e. The van der Waals surface area contributed by atoms with E-state index in [0.717, 1.165) is 23.3 Å². The predicted octanol–water partition coefficient (Wildman–Crippen LogP) is 4.74. The highest BCUT2D eigenvalue weighted by Crippen LogP contribution is 2.28. The maximum absolute atomic E-state index is 13.2. The van der Waals surface area contributed by atoms with Crippen molar-refractivity contribution in [1.82, 2.24) is 5.32 Å². The van der Waals surface area contributed by atoms with Gasteiger partial charge in [0.05, 0.1) is 0 Å². The van der Waals surface area contributed by atoms with Gasteiger partial charge >= 0.3 is 0 Å². The lowest BCUT2D eigenvalue weighted by atomic mass is 10.1. The monoisotopic (exact) mass is 283 g/mol. The molecule has 0 aliphatic heterocycles. The van der Waals surface area contributed by atoms with Crippen molar-refractivity contribution in [1.29, 1.82) is 0 Å². The first-order valence-corrected chi connectivity index (χ1v) is 7.13. The molecule has 0 atom stereocenters. The molecule has 0 bridgehead atoms. The lowest BCUT2D eigenvalue weighted by Crippen LogP contribution is -2.21. The molecule has 0 unspecified atom stereocenters. The standard InChI is InChI=1S/C18H18FNO/c1-12(2)20-11-13-4-3-5-14(8-13)18-10-15-9-16(19)6-7-17(15)21-18/h3-10,12,20H,11H2,1-2H3. The number of hydrogen-bond acceptors (Lipinski definition) is 2. The highest BCUT2D eigenvalue weighted by Gasteiger charge is 2.07. The Morgan fingerprint density at radius 3 is 2.76 bits per heavy atom. The summed E-state index contributed by atoms with van der Waals surface area (Å²) >= 11 is 0. The van der Waals surface area contributed by atoms with E-state index in [9.17, 15) is 4.39 Å². The highest BCUT2D eigenvalue weighted by molar-refractivity contribution is 5.82. The first-order chi connectivity index (χ1) is 10.1. The predicted molar refractivity (Wildman–Crippen MR) is 83.6 cm³/mol. The zero-order valence-electron chi connectivity index (χ0n) is 12.2. The summed E-state index contributed by atoms with van der Waals surface area (Å²) in [7, 11) is 0. The van der Waals surface area contributed by atoms with Gasteiger partial charge in [-0.1, -0.05) is 32.0 Å². The maximum Gasteiger partial charge on any atom is 0.135 e. The van der Waals surface area contributed by atoms with E-state index in [1.807, 2.05) is 18.2 Å². The van der Waals surface area contributed by atoms with Crippen LogP contribution in [0.5, 0.6) is 0 Å². The summed E-state index contributed by atoms with van der Waals surface area (Å²) in [6.07, 6.45) is 0. The van der Waals surface area contributed by atoms with Crippen LogP contribution in [0, 0.1) is 5.82 Å². The van der Waals surface area contributed by atoms with Gasteiger partial charge in [-0.05, 0) is 35.9 Å². The molecule has 0 aliphatic rings. The summed E-state index contributed by atoms with van der Waals surface area (Å²) in [5.41, 5.74) is 2.92. The van der Waals surface area contributed by atoms with E-state index in [-0.39, 0.29) is 5.82 Å². The molecule has 0 saturated heterocycles. The smallest absolute Gasteiger partial charge is 0.135 e. The third-order valence-corrected chi connectivity index (χ3v) is 3.40. The molecule has 2 nitrogen and oxygen atoms in total. The van der Waals surface area contributed by atoms with Crippen molar-refractivity contribution in [2.45, 2.75) is 26.4 Å². The van der Waals surface area contributed by atoms with Crippen molar-refractivity contribution < 1.29 is 8.81 Å². The molecule has 0 fully saturated rings. The Morgan fingerprint density at radius 2 is 1.95 bits per heavy atom. The molecule has 0 aliphatic carbocycles. The van der Waals surface area contributed by atoms with Crippen LogP contribution in [0.15, 0.2) is 52.9 Å². The molecule has 0 radical (unpaired) electrons. The fourth-order valence-corrected chi connectivity index (χ4v) is 2.31. The minimum absolute atomic E-state index is 0.246. The SMILES string of the molecule is CC(C)NCc1cccc(-c2cc3cc(F)ccc3o2)c1. The van der Waals surface area contributed by atoms with Crippen molar-refractivity contribution in [2.24, 2.45) is 0 Å². The van der Waals surface area contributed by atoms with Crippen LogP contribution in [-0.2, 0) is 6.54 Å². The second kappa shape index (κ2) is 5.70. The fourth-order valence-electron chi connectivity index (χ4n) is 2.31. The van der Waals surface area contributed by atoms with Gasteiger partial charge in [-0.3, -0.25) is 0 Å². The summed E-state index contributed by atoms with van der Waals surface area (Å²) in [5, 5.41) is 4.18. The van der Waals surface area contributed by atoms with Crippen LogP contribution in [0.4, 0.5) is 4.39 Å². The van der Waals surface area contributed by atoms with Gasteiger partial charge in [-0.2, -0.15) is 0 Å². The van der Waals surface area contributed by atoms with Gasteiger partial charge in [-0.15, -0.1) is 0 Å². The normalized spacial score (nSPS) is 11.4. The van der Waals surface area contributed by atoms with Gasteiger partial charge in [0.2, 0.25) is 0 Å². The molecule has 3 aromatic rings. The number of rotatable bonds is 4. The molecule has 0 saturated carbocycles. The van der Waals surface area contributed by atoms with Crippen LogP contribution in [0.3, 0.4) is 0 Å². The van der Waals surface area contributed by atoms with Crippen molar-refractivity contribution in [3.05, 3.63) is 59.9 Å². The third kappa shape index (κ3) is 3.14. The molecular weight excluding hydrogens is 265 g/mol. The minimum atomic E-state index is -0.246. The lowest BCUT2D eigenvalue weighted by molar-refractivity contribution is 0.588. The summed E-state index contributed by atoms with van der Waals surface area (Å²) in [6, 6.07) is 15.1. The molecule has 2 aromatic carbocycles. The van der Waals surface area contributed by atoms with Gasteiger partial charge < -0.3 is 9.73 Å². The van der Waals surface area contributed by atoms with E-state index in [1.54, 1.807) is 6.07 Å². The summed E-state index contributed by atoms with van der Waals surface area (Å²) in [5.74, 6) is 0.520. The number of nitrogens with one attached hydrogen (secondary N) is 1. The molecule has 3 heteroatoms. The maximum atomic E-state index is 13.2. The number of hydrogen-bond donors (Lipinski definition) is 1. The van der Waals surface area contributed by atoms with E-state index in [2.05, 4.69) is 31.3 Å². The Bertz CT molecular complexity index is 761. The van der Waals surface area contributed by atoms with E-state index in [1.165, 1.54) is 17.7 Å². The number of furan rings is 1. The van der Waals surface area contributed by atoms with E-state index in [0.29, 0.717) is 11.6 Å².